The predicted octanol–water partition coefficient (Wildman–Crippen LogP) is 4.59. The number of aromatic carboxylic acids is 1. The van der Waals surface area contributed by atoms with Crippen molar-refractivity contribution in [2.45, 2.75) is 6.92 Å². The molecule has 0 radical (unpaired) electrons. The first kappa shape index (κ1) is 20.4. The van der Waals surface area contributed by atoms with Gasteiger partial charge in [0.25, 0.3) is 5.91 Å². The van der Waals surface area contributed by atoms with Crippen molar-refractivity contribution in [3.05, 3.63) is 77.6 Å². The summed E-state index contributed by atoms with van der Waals surface area (Å²) in [5.41, 5.74) is 0.856. The highest BCUT2D eigenvalue weighted by Crippen LogP contribution is 2.27. The third-order valence-electron chi connectivity index (χ3n) is 4.12. The van der Waals surface area contributed by atoms with Crippen molar-refractivity contribution in [1.82, 2.24) is 0 Å². The molecular formula is C23H18N2O5. The van der Waals surface area contributed by atoms with Gasteiger partial charge in [-0.15, -0.1) is 0 Å². The highest BCUT2D eigenvalue weighted by Gasteiger charge is 2.15. The van der Waals surface area contributed by atoms with E-state index in [1.165, 1.54) is 12.1 Å². The molecule has 0 bridgehead atoms. The van der Waals surface area contributed by atoms with E-state index in [2.05, 4.69) is 5.32 Å². The molecular weight excluding hydrogens is 384 g/mol. The number of hydrogen-bond donors (Lipinski definition) is 2. The fourth-order valence-corrected chi connectivity index (χ4v) is 2.75. The van der Waals surface area contributed by atoms with Crippen LogP contribution in [0.1, 0.15) is 23.0 Å². The normalized spacial score (nSPS) is 10.9. The highest BCUT2D eigenvalue weighted by molar-refractivity contribution is 6.09. The van der Waals surface area contributed by atoms with Gasteiger partial charge in [-0.2, -0.15) is 5.26 Å². The Morgan fingerprint density at radius 2 is 1.87 bits per heavy atom. The molecule has 0 aliphatic rings. The van der Waals surface area contributed by atoms with Crippen LogP contribution in [0.25, 0.3) is 17.4 Å². The van der Waals surface area contributed by atoms with Gasteiger partial charge in [-0.05, 0) is 49.4 Å². The van der Waals surface area contributed by atoms with Crippen molar-refractivity contribution < 1.29 is 23.8 Å². The second-order valence-electron chi connectivity index (χ2n) is 6.13. The molecule has 1 heterocycles. The van der Waals surface area contributed by atoms with Crippen LogP contribution in [0.15, 0.2) is 70.7 Å². The molecule has 2 N–H and O–H groups in total. The molecule has 0 spiro atoms. The number of anilines is 1. The zero-order valence-corrected chi connectivity index (χ0v) is 16.1. The molecule has 2 aromatic carbocycles. The van der Waals surface area contributed by atoms with E-state index in [1.807, 2.05) is 13.0 Å². The van der Waals surface area contributed by atoms with Gasteiger partial charge in [-0.1, -0.05) is 18.2 Å². The van der Waals surface area contributed by atoms with E-state index in [9.17, 15) is 20.0 Å². The van der Waals surface area contributed by atoms with E-state index in [1.54, 1.807) is 54.6 Å². The molecule has 3 aromatic rings. The SMILES string of the molecule is CCOc1ccc(NC(=O)/C(C#N)=C\c2ccc(-c3ccccc3C(=O)O)o2)cc1. The third-order valence-corrected chi connectivity index (χ3v) is 4.12. The van der Waals surface area contributed by atoms with Crippen molar-refractivity contribution in [2.24, 2.45) is 0 Å². The Hall–Kier alpha value is -4.31. The average Bonchev–Trinajstić information content (AvgIpc) is 3.22. The molecule has 0 atom stereocenters. The molecule has 0 aliphatic carbocycles. The van der Waals surface area contributed by atoms with Gasteiger partial charge < -0.3 is 19.6 Å². The molecule has 150 valence electrons. The van der Waals surface area contributed by atoms with E-state index < -0.39 is 11.9 Å². The van der Waals surface area contributed by atoms with Gasteiger partial charge in [0.2, 0.25) is 0 Å². The Kier molecular flexibility index (Phi) is 6.30. The summed E-state index contributed by atoms with van der Waals surface area (Å²) in [5, 5.41) is 21.3. The summed E-state index contributed by atoms with van der Waals surface area (Å²) in [7, 11) is 0. The fraction of sp³-hybridized carbons (Fsp3) is 0.0870. The Balaban J connectivity index is 1.79. The van der Waals surface area contributed by atoms with Crippen molar-refractivity contribution in [1.29, 1.82) is 5.26 Å². The monoisotopic (exact) mass is 402 g/mol. The van der Waals surface area contributed by atoms with Crippen LogP contribution in [-0.2, 0) is 4.79 Å². The Morgan fingerprint density at radius 1 is 1.13 bits per heavy atom. The first-order valence-corrected chi connectivity index (χ1v) is 9.10. The Morgan fingerprint density at radius 3 is 2.53 bits per heavy atom. The minimum Gasteiger partial charge on any atom is -0.494 e. The number of nitrogens with one attached hydrogen (secondary N) is 1. The van der Waals surface area contributed by atoms with Crippen LogP contribution in [0.2, 0.25) is 0 Å². The maximum absolute atomic E-state index is 12.4. The largest absolute Gasteiger partial charge is 0.494 e. The zero-order valence-electron chi connectivity index (χ0n) is 16.1. The molecule has 0 saturated heterocycles. The van der Waals surface area contributed by atoms with Crippen molar-refractivity contribution >= 4 is 23.6 Å². The molecule has 30 heavy (non-hydrogen) atoms. The van der Waals surface area contributed by atoms with E-state index in [-0.39, 0.29) is 16.9 Å². The van der Waals surface area contributed by atoms with Crippen LogP contribution in [0.3, 0.4) is 0 Å². The molecule has 0 fully saturated rings. The van der Waals surface area contributed by atoms with Crippen molar-refractivity contribution in [3.63, 3.8) is 0 Å². The van der Waals surface area contributed by atoms with Gasteiger partial charge in [0.05, 0.1) is 12.2 Å². The lowest BCUT2D eigenvalue weighted by molar-refractivity contribution is -0.112. The van der Waals surface area contributed by atoms with Crippen LogP contribution >= 0.6 is 0 Å². The van der Waals surface area contributed by atoms with Gasteiger partial charge in [0.15, 0.2) is 0 Å². The van der Waals surface area contributed by atoms with E-state index in [0.717, 1.165) is 0 Å². The number of carbonyl (C=O) groups excluding carboxylic acids is 1. The summed E-state index contributed by atoms with van der Waals surface area (Å²) >= 11 is 0. The molecule has 3 rings (SSSR count). The average molecular weight is 402 g/mol. The van der Waals surface area contributed by atoms with Gasteiger partial charge in [-0.3, -0.25) is 4.79 Å². The lowest BCUT2D eigenvalue weighted by atomic mass is 10.1. The molecule has 0 unspecified atom stereocenters. The summed E-state index contributed by atoms with van der Waals surface area (Å²) in [5.74, 6) is -0.416. The van der Waals surface area contributed by atoms with Crippen LogP contribution < -0.4 is 10.1 Å². The topological polar surface area (TPSA) is 113 Å². The maximum atomic E-state index is 12.4. The second-order valence-corrected chi connectivity index (χ2v) is 6.13. The maximum Gasteiger partial charge on any atom is 0.336 e. The summed E-state index contributed by atoms with van der Waals surface area (Å²) in [6.07, 6.45) is 1.30. The standard InChI is InChI=1S/C23H18N2O5/c1-2-29-17-9-7-16(8-10-17)25-22(26)15(14-24)13-18-11-12-21(30-18)19-5-3-4-6-20(19)23(27)28/h3-13H,2H2,1H3,(H,25,26)(H,27,28)/b15-13-. The van der Waals surface area contributed by atoms with Crippen LogP contribution in [-0.4, -0.2) is 23.6 Å². The smallest absolute Gasteiger partial charge is 0.336 e. The molecule has 7 heteroatoms. The molecule has 0 aliphatic heterocycles. The fourth-order valence-electron chi connectivity index (χ4n) is 2.75. The van der Waals surface area contributed by atoms with Crippen LogP contribution in [0.4, 0.5) is 5.69 Å². The number of ether oxygens (including phenoxy) is 1. The van der Waals surface area contributed by atoms with Crippen LogP contribution in [0.5, 0.6) is 5.75 Å². The van der Waals surface area contributed by atoms with E-state index in [0.29, 0.717) is 29.4 Å². The number of nitrogens with zero attached hydrogens (tertiary/aromatic N) is 1. The quantitative estimate of drug-likeness (QED) is 0.441. The first-order chi connectivity index (χ1) is 14.5. The van der Waals surface area contributed by atoms with Gasteiger partial charge in [0, 0.05) is 17.3 Å². The highest BCUT2D eigenvalue weighted by atomic mass is 16.5. The van der Waals surface area contributed by atoms with E-state index in [4.69, 9.17) is 9.15 Å². The number of rotatable bonds is 7. The summed E-state index contributed by atoms with van der Waals surface area (Å²) in [4.78, 5) is 23.8. The van der Waals surface area contributed by atoms with Crippen LogP contribution in [0, 0.1) is 11.3 Å². The summed E-state index contributed by atoms with van der Waals surface area (Å²) < 4.78 is 11.0. The summed E-state index contributed by atoms with van der Waals surface area (Å²) in [6.45, 7) is 2.41. The number of furan rings is 1. The lowest BCUT2D eigenvalue weighted by Gasteiger charge is -2.06. The number of carboxylic acid groups (broad SMARTS) is 1. The minimum absolute atomic E-state index is 0.0936. The minimum atomic E-state index is -1.08. The lowest BCUT2D eigenvalue weighted by Crippen LogP contribution is -2.13. The van der Waals surface area contributed by atoms with Gasteiger partial charge in [0.1, 0.15) is 28.9 Å². The number of benzene rings is 2. The Bertz CT molecular complexity index is 1140. The number of carbonyl (C=O) groups is 2. The summed E-state index contributed by atoms with van der Waals surface area (Å²) in [6, 6.07) is 18.2. The number of amides is 1. The van der Waals surface area contributed by atoms with E-state index >= 15 is 0 Å². The van der Waals surface area contributed by atoms with Crippen molar-refractivity contribution in [3.8, 4) is 23.1 Å². The third kappa shape index (κ3) is 4.75. The molecule has 1 aromatic heterocycles. The predicted molar refractivity (Wildman–Crippen MR) is 111 cm³/mol. The molecule has 1 amide bonds. The molecule has 7 nitrogen and oxygen atoms in total. The zero-order chi connectivity index (χ0) is 21.5. The number of carboxylic acids is 1. The van der Waals surface area contributed by atoms with Crippen molar-refractivity contribution in [2.75, 3.05) is 11.9 Å². The first-order valence-electron chi connectivity index (χ1n) is 9.10. The van der Waals surface area contributed by atoms with Gasteiger partial charge in [-0.25, -0.2) is 4.79 Å². The van der Waals surface area contributed by atoms with Gasteiger partial charge >= 0.3 is 5.97 Å². The Labute approximate surface area is 172 Å². The number of hydrogen-bond acceptors (Lipinski definition) is 5. The second kappa shape index (κ2) is 9.26. The number of nitriles is 1. The molecule has 0 saturated carbocycles.